The molecule has 0 radical (unpaired) electrons. The number of hydrogen-bond acceptors (Lipinski definition) is 3. The van der Waals surface area contributed by atoms with Gasteiger partial charge >= 0.3 is 0 Å². The molecule has 0 fully saturated rings. The molecule has 0 saturated heterocycles. The molecule has 0 aliphatic rings. The van der Waals surface area contributed by atoms with E-state index in [0.717, 1.165) is 5.69 Å². The van der Waals surface area contributed by atoms with Gasteiger partial charge in [-0.1, -0.05) is 41.9 Å². The molecule has 0 heterocycles. The fourth-order valence-electron chi connectivity index (χ4n) is 2.90. The highest BCUT2D eigenvalue weighted by Gasteiger charge is 2.20. The first kappa shape index (κ1) is 21.9. The lowest BCUT2D eigenvalue weighted by Gasteiger charge is -2.22. The summed E-state index contributed by atoms with van der Waals surface area (Å²) in [5.41, 5.74) is 1.63. The SMILES string of the molecule is CCN(C(=O)c1ccccc1NC(=O)COc1ccc(Cl)cc1Br)c1ccccc1. The van der Waals surface area contributed by atoms with Crippen LogP contribution in [0.15, 0.2) is 77.3 Å². The molecule has 0 spiro atoms. The summed E-state index contributed by atoms with van der Waals surface area (Å²) in [7, 11) is 0. The largest absolute Gasteiger partial charge is 0.483 e. The van der Waals surface area contributed by atoms with E-state index in [9.17, 15) is 9.59 Å². The number of hydrogen-bond donors (Lipinski definition) is 1. The number of para-hydroxylation sites is 2. The van der Waals surface area contributed by atoms with Gasteiger partial charge in [0.25, 0.3) is 11.8 Å². The average molecular weight is 488 g/mol. The van der Waals surface area contributed by atoms with Crippen LogP contribution in [-0.2, 0) is 4.79 Å². The number of ether oxygens (including phenoxy) is 1. The number of anilines is 2. The molecule has 30 heavy (non-hydrogen) atoms. The van der Waals surface area contributed by atoms with Crippen LogP contribution in [0.1, 0.15) is 17.3 Å². The van der Waals surface area contributed by atoms with Gasteiger partial charge in [0, 0.05) is 17.3 Å². The highest BCUT2D eigenvalue weighted by Crippen LogP contribution is 2.28. The normalized spacial score (nSPS) is 10.4. The molecule has 3 aromatic rings. The van der Waals surface area contributed by atoms with Crippen molar-refractivity contribution in [2.24, 2.45) is 0 Å². The zero-order chi connectivity index (χ0) is 21.5. The molecule has 0 aliphatic carbocycles. The average Bonchev–Trinajstić information content (AvgIpc) is 2.75. The van der Waals surface area contributed by atoms with Crippen molar-refractivity contribution in [2.45, 2.75) is 6.92 Å². The van der Waals surface area contributed by atoms with Gasteiger partial charge < -0.3 is 15.0 Å². The Kier molecular flexibility index (Phi) is 7.49. The predicted molar refractivity (Wildman–Crippen MR) is 124 cm³/mol. The van der Waals surface area contributed by atoms with Gasteiger partial charge in [-0.05, 0) is 65.3 Å². The number of nitrogens with one attached hydrogen (secondary N) is 1. The van der Waals surface area contributed by atoms with Crippen LogP contribution in [-0.4, -0.2) is 25.0 Å². The third-order valence-corrected chi connectivity index (χ3v) is 5.17. The Morgan fingerprint density at radius 2 is 1.73 bits per heavy atom. The molecule has 2 amide bonds. The summed E-state index contributed by atoms with van der Waals surface area (Å²) in [4.78, 5) is 27.3. The van der Waals surface area contributed by atoms with Crippen LogP contribution in [0.5, 0.6) is 5.75 Å². The van der Waals surface area contributed by atoms with Crippen molar-refractivity contribution in [3.8, 4) is 5.75 Å². The summed E-state index contributed by atoms with van der Waals surface area (Å²) < 4.78 is 6.20. The molecular formula is C23H20BrClN2O3. The second kappa shape index (κ2) is 10.3. The number of carbonyl (C=O) groups excluding carboxylic acids is 2. The van der Waals surface area contributed by atoms with Crippen LogP contribution in [0, 0.1) is 0 Å². The maximum absolute atomic E-state index is 13.2. The minimum absolute atomic E-state index is 0.194. The van der Waals surface area contributed by atoms with Crippen molar-refractivity contribution in [1.82, 2.24) is 0 Å². The van der Waals surface area contributed by atoms with Gasteiger partial charge in [0.15, 0.2) is 6.61 Å². The maximum Gasteiger partial charge on any atom is 0.262 e. The van der Waals surface area contributed by atoms with Crippen molar-refractivity contribution < 1.29 is 14.3 Å². The molecular weight excluding hydrogens is 468 g/mol. The smallest absolute Gasteiger partial charge is 0.262 e. The fourth-order valence-corrected chi connectivity index (χ4v) is 3.69. The van der Waals surface area contributed by atoms with Gasteiger partial charge in [-0.2, -0.15) is 0 Å². The summed E-state index contributed by atoms with van der Waals surface area (Å²) in [5.74, 6) is -0.0685. The number of amides is 2. The van der Waals surface area contributed by atoms with Crippen LogP contribution in [0.4, 0.5) is 11.4 Å². The lowest BCUT2D eigenvalue weighted by Crippen LogP contribution is -2.32. The monoisotopic (exact) mass is 486 g/mol. The highest BCUT2D eigenvalue weighted by atomic mass is 79.9. The predicted octanol–water partition coefficient (Wildman–Crippen LogP) is 5.79. The Morgan fingerprint density at radius 1 is 1.03 bits per heavy atom. The second-order valence-electron chi connectivity index (χ2n) is 6.34. The fraction of sp³-hybridized carbons (Fsp3) is 0.130. The van der Waals surface area contributed by atoms with Crippen molar-refractivity contribution >= 4 is 50.7 Å². The van der Waals surface area contributed by atoms with E-state index in [2.05, 4.69) is 21.2 Å². The number of rotatable bonds is 7. The Morgan fingerprint density at radius 3 is 2.43 bits per heavy atom. The quantitative estimate of drug-likeness (QED) is 0.459. The standard InChI is InChI=1S/C23H20BrClN2O3/c1-2-27(17-8-4-3-5-9-17)23(29)18-10-6-7-11-20(18)26-22(28)15-30-21-13-12-16(25)14-19(21)24/h3-14H,2,15H2,1H3,(H,26,28). The molecule has 5 nitrogen and oxygen atoms in total. The first-order valence-electron chi connectivity index (χ1n) is 9.33. The molecule has 0 atom stereocenters. The van der Waals surface area contributed by atoms with Gasteiger partial charge in [0.1, 0.15) is 5.75 Å². The van der Waals surface area contributed by atoms with Crippen molar-refractivity contribution in [1.29, 1.82) is 0 Å². The van der Waals surface area contributed by atoms with Crippen LogP contribution in [0.2, 0.25) is 5.02 Å². The third-order valence-electron chi connectivity index (χ3n) is 4.31. The number of halogens is 2. The third kappa shape index (κ3) is 5.40. The van der Waals surface area contributed by atoms with E-state index in [1.54, 1.807) is 47.4 Å². The van der Waals surface area contributed by atoms with E-state index in [-0.39, 0.29) is 18.4 Å². The van der Waals surface area contributed by atoms with E-state index >= 15 is 0 Å². The summed E-state index contributed by atoms with van der Waals surface area (Å²) in [6.45, 7) is 2.20. The van der Waals surface area contributed by atoms with Gasteiger partial charge in [0.05, 0.1) is 15.7 Å². The first-order valence-corrected chi connectivity index (χ1v) is 10.5. The van der Waals surface area contributed by atoms with Gasteiger partial charge in [-0.3, -0.25) is 9.59 Å². The number of nitrogens with zero attached hydrogens (tertiary/aromatic N) is 1. The first-order chi connectivity index (χ1) is 14.5. The van der Waals surface area contributed by atoms with E-state index in [1.165, 1.54) is 0 Å². The molecule has 0 saturated carbocycles. The summed E-state index contributed by atoms with van der Waals surface area (Å²) in [6.07, 6.45) is 0. The zero-order valence-electron chi connectivity index (χ0n) is 16.3. The van der Waals surface area contributed by atoms with Crippen LogP contribution in [0.3, 0.4) is 0 Å². The molecule has 0 bridgehead atoms. The number of carbonyl (C=O) groups is 2. The van der Waals surface area contributed by atoms with Gasteiger partial charge in [-0.25, -0.2) is 0 Å². The van der Waals surface area contributed by atoms with Crippen LogP contribution >= 0.6 is 27.5 Å². The molecule has 0 aliphatic heterocycles. The zero-order valence-corrected chi connectivity index (χ0v) is 18.6. The maximum atomic E-state index is 13.2. The molecule has 3 rings (SSSR count). The topological polar surface area (TPSA) is 58.6 Å². The Hall–Kier alpha value is -2.83. The minimum Gasteiger partial charge on any atom is -0.483 e. The van der Waals surface area contributed by atoms with Gasteiger partial charge in [0.2, 0.25) is 0 Å². The van der Waals surface area contributed by atoms with E-state index in [0.29, 0.717) is 33.0 Å². The van der Waals surface area contributed by atoms with E-state index in [1.807, 2.05) is 37.3 Å². The van der Waals surface area contributed by atoms with Crippen molar-refractivity contribution in [3.05, 3.63) is 87.9 Å². The van der Waals surface area contributed by atoms with E-state index < -0.39 is 0 Å². The molecule has 7 heteroatoms. The molecule has 0 aromatic heterocycles. The lowest BCUT2D eigenvalue weighted by molar-refractivity contribution is -0.118. The Labute approximate surface area is 188 Å². The Balaban J connectivity index is 1.73. The van der Waals surface area contributed by atoms with Crippen molar-refractivity contribution in [3.63, 3.8) is 0 Å². The van der Waals surface area contributed by atoms with Crippen LogP contribution in [0.25, 0.3) is 0 Å². The molecule has 3 aromatic carbocycles. The summed E-state index contributed by atoms with van der Waals surface area (Å²) in [6, 6.07) is 21.4. The number of benzene rings is 3. The molecule has 0 unspecified atom stereocenters. The van der Waals surface area contributed by atoms with E-state index in [4.69, 9.17) is 16.3 Å². The second-order valence-corrected chi connectivity index (χ2v) is 7.63. The lowest BCUT2D eigenvalue weighted by atomic mass is 10.1. The molecule has 154 valence electrons. The molecule has 1 N–H and O–H groups in total. The Bertz CT molecular complexity index is 1040. The highest BCUT2D eigenvalue weighted by molar-refractivity contribution is 9.10. The summed E-state index contributed by atoms with van der Waals surface area (Å²) >= 11 is 9.26. The minimum atomic E-state index is -0.375. The van der Waals surface area contributed by atoms with Crippen LogP contribution < -0.4 is 15.0 Å². The summed E-state index contributed by atoms with van der Waals surface area (Å²) in [5, 5.41) is 3.33. The van der Waals surface area contributed by atoms with Crippen molar-refractivity contribution in [2.75, 3.05) is 23.4 Å². The van der Waals surface area contributed by atoms with Gasteiger partial charge in [-0.15, -0.1) is 0 Å².